The Balaban J connectivity index is 1.97. The molecule has 1 atom stereocenters. The molecule has 0 aromatic carbocycles. The van der Waals surface area contributed by atoms with Gasteiger partial charge in [0.2, 0.25) is 0 Å². The highest BCUT2D eigenvalue weighted by Gasteiger charge is 2.25. The van der Waals surface area contributed by atoms with E-state index in [1.807, 2.05) is 17.5 Å². The van der Waals surface area contributed by atoms with E-state index in [2.05, 4.69) is 5.32 Å². The lowest BCUT2D eigenvalue weighted by Gasteiger charge is -2.12. The first-order chi connectivity index (χ1) is 5.90. The maximum Gasteiger partial charge on any atom is 0.110 e. The highest BCUT2D eigenvalue weighted by molar-refractivity contribution is 7.10. The first kappa shape index (κ1) is 8.20. The smallest absolute Gasteiger partial charge is 0.110 e. The Kier molecular flexibility index (Phi) is 2.42. The van der Waals surface area contributed by atoms with E-state index in [-0.39, 0.29) is 12.7 Å². The molecule has 1 aromatic heterocycles. The molecule has 1 unspecified atom stereocenters. The van der Waals surface area contributed by atoms with Crippen molar-refractivity contribution in [1.29, 1.82) is 0 Å². The predicted octanol–water partition coefficient (Wildman–Crippen LogP) is 2.51. The second-order valence-corrected chi connectivity index (χ2v) is 4.14. The molecule has 0 amide bonds. The molecular formula is C9H12FNS. The lowest BCUT2D eigenvalue weighted by Crippen LogP contribution is -2.24. The molecule has 1 fully saturated rings. The monoisotopic (exact) mass is 185 g/mol. The van der Waals surface area contributed by atoms with E-state index in [0.29, 0.717) is 6.04 Å². The summed E-state index contributed by atoms with van der Waals surface area (Å²) in [5.41, 5.74) is 0. The third-order valence-electron chi connectivity index (χ3n) is 2.06. The van der Waals surface area contributed by atoms with Crippen molar-refractivity contribution in [3.8, 4) is 0 Å². The minimum atomic E-state index is -0.295. The molecule has 1 aliphatic carbocycles. The summed E-state index contributed by atoms with van der Waals surface area (Å²) < 4.78 is 12.6. The second-order valence-electron chi connectivity index (χ2n) is 3.16. The van der Waals surface area contributed by atoms with Gasteiger partial charge in [0.25, 0.3) is 0 Å². The molecule has 1 heterocycles. The first-order valence-electron chi connectivity index (χ1n) is 4.25. The Labute approximate surface area is 75.6 Å². The molecule has 12 heavy (non-hydrogen) atoms. The van der Waals surface area contributed by atoms with Crippen LogP contribution in [-0.2, 0) is 0 Å². The van der Waals surface area contributed by atoms with Gasteiger partial charge in [0.1, 0.15) is 6.67 Å². The minimum Gasteiger partial charge on any atom is -0.304 e. The SMILES string of the molecule is FCC(NC1CC1)c1cccs1. The molecule has 2 rings (SSSR count). The van der Waals surface area contributed by atoms with E-state index in [9.17, 15) is 4.39 Å². The zero-order valence-corrected chi connectivity index (χ0v) is 7.61. The van der Waals surface area contributed by atoms with Gasteiger partial charge in [0, 0.05) is 10.9 Å². The highest BCUT2D eigenvalue weighted by Crippen LogP contribution is 2.26. The Bertz CT molecular complexity index is 231. The van der Waals surface area contributed by atoms with E-state index in [0.717, 1.165) is 4.88 Å². The fraction of sp³-hybridized carbons (Fsp3) is 0.556. The van der Waals surface area contributed by atoms with Crippen LogP contribution in [0.15, 0.2) is 17.5 Å². The average molecular weight is 185 g/mol. The van der Waals surface area contributed by atoms with Crippen LogP contribution in [0.25, 0.3) is 0 Å². The summed E-state index contributed by atoms with van der Waals surface area (Å²) in [7, 11) is 0. The van der Waals surface area contributed by atoms with Crippen LogP contribution in [0.5, 0.6) is 0 Å². The first-order valence-corrected chi connectivity index (χ1v) is 5.13. The van der Waals surface area contributed by atoms with E-state index >= 15 is 0 Å². The van der Waals surface area contributed by atoms with Crippen molar-refractivity contribution < 1.29 is 4.39 Å². The van der Waals surface area contributed by atoms with Crippen LogP contribution < -0.4 is 5.32 Å². The van der Waals surface area contributed by atoms with Crippen LogP contribution in [0, 0.1) is 0 Å². The largest absolute Gasteiger partial charge is 0.304 e. The van der Waals surface area contributed by atoms with Crippen molar-refractivity contribution in [2.24, 2.45) is 0 Å². The normalized spacial score (nSPS) is 19.4. The molecule has 1 nitrogen and oxygen atoms in total. The Morgan fingerprint density at radius 3 is 3.00 bits per heavy atom. The molecule has 3 heteroatoms. The molecule has 0 aliphatic heterocycles. The quantitative estimate of drug-likeness (QED) is 0.760. The van der Waals surface area contributed by atoms with E-state index in [1.165, 1.54) is 12.8 Å². The van der Waals surface area contributed by atoms with E-state index in [4.69, 9.17) is 0 Å². The van der Waals surface area contributed by atoms with E-state index in [1.54, 1.807) is 11.3 Å². The third-order valence-corrected chi connectivity index (χ3v) is 3.04. The lowest BCUT2D eigenvalue weighted by atomic mass is 10.2. The topological polar surface area (TPSA) is 12.0 Å². The molecule has 0 bridgehead atoms. The summed E-state index contributed by atoms with van der Waals surface area (Å²) >= 11 is 1.62. The molecule has 66 valence electrons. The van der Waals surface area contributed by atoms with Crippen LogP contribution in [0.3, 0.4) is 0 Å². The highest BCUT2D eigenvalue weighted by atomic mass is 32.1. The maximum atomic E-state index is 12.6. The number of hydrogen-bond acceptors (Lipinski definition) is 2. The van der Waals surface area contributed by atoms with Gasteiger partial charge in [-0.15, -0.1) is 11.3 Å². The Hall–Kier alpha value is -0.410. The number of alkyl halides is 1. The van der Waals surface area contributed by atoms with Crippen molar-refractivity contribution >= 4 is 11.3 Å². The van der Waals surface area contributed by atoms with Gasteiger partial charge in [0.05, 0.1) is 6.04 Å². The van der Waals surface area contributed by atoms with Crippen molar-refractivity contribution in [3.05, 3.63) is 22.4 Å². The number of nitrogens with one attached hydrogen (secondary N) is 1. The fourth-order valence-corrected chi connectivity index (χ4v) is 1.99. The number of rotatable bonds is 4. The number of halogens is 1. The van der Waals surface area contributed by atoms with Gasteiger partial charge < -0.3 is 5.32 Å². The van der Waals surface area contributed by atoms with Crippen molar-refractivity contribution in [2.75, 3.05) is 6.67 Å². The van der Waals surface area contributed by atoms with Gasteiger partial charge >= 0.3 is 0 Å². The van der Waals surface area contributed by atoms with Gasteiger partial charge in [-0.25, -0.2) is 4.39 Å². The Morgan fingerprint density at radius 1 is 1.67 bits per heavy atom. The van der Waals surface area contributed by atoms with Crippen LogP contribution in [0.2, 0.25) is 0 Å². The minimum absolute atomic E-state index is 0.0579. The summed E-state index contributed by atoms with van der Waals surface area (Å²) in [4.78, 5) is 1.12. The second kappa shape index (κ2) is 3.54. The zero-order valence-electron chi connectivity index (χ0n) is 6.79. The molecular weight excluding hydrogens is 173 g/mol. The molecule has 1 aliphatic rings. The third kappa shape index (κ3) is 1.84. The summed E-state index contributed by atoms with van der Waals surface area (Å²) in [5, 5.41) is 5.27. The van der Waals surface area contributed by atoms with Gasteiger partial charge in [-0.2, -0.15) is 0 Å². The summed E-state index contributed by atoms with van der Waals surface area (Å²) in [6.07, 6.45) is 2.42. The predicted molar refractivity (Wildman–Crippen MR) is 49.2 cm³/mol. The summed E-state index contributed by atoms with van der Waals surface area (Å²) in [5.74, 6) is 0. The van der Waals surface area contributed by atoms with E-state index < -0.39 is 0 Å². The summed E-state index contributed by atoms with van der Waals surface area (Å²) in [6, 6.07) is 4.48. The molecule has 1 N–H and O–H groups in total. The molecule has 0 saturated heterocycles. The molecule has 1 saturated carbocycles. The van der Waals surface area contributed by atoms with Crippen LogP contribution in [-0.4, -0.2) is 12.7 Å². The van der Waals surface area contributed by atoms with Crippen molar-refractivity contribution in [1.82, 2.24) is 5.32 Å². The number of thiophene rings is 1. The van der Waals surface area contributed by atoms with Crippen LogP contribution in [0.4, 0.5) is 4.39 Å². The van der Waals surface area contributed by atoms with Crippen molar-refractivity contribution in [2.45, 2.75) is 24.9 Å². The zero-order chi connectivity index (χ0) is 8.39. The Morgan fingerprint density at radius 2 is 2.50 bits per heavy atom. The van der Waals surface area contributed by atoms with Crippen LogP contribution >= 0.6 is 11.3 Å². The average Bonchev–Trinajstić information content (AvgIpc) is 2.74. The standard InChI is InChI=1S/C9H12FNS/c10-6-8(11-7-3-4-7)9-2-1-5-12-9/h1-2,5,7-8,11H,3-4,6H2. The molecule has 1 aromatic rings. The van der Waals surface area contributed by atoms with Crippen LogP contribution in [0.1, 0.15) is 23.8 Å². The van der Waals surface area contributed by atoms with Gasteiger partial charge in [-0.1, -0.05) is 6.07 Å². The summed E-state index contributed by atoms with van der Waals surface area (Å²) in [6.45, 7) is -0.295. The molecule has 0 spiro atoms. The fourth-order valence-electron chi connectivity index (χ4n) is 1.23. The van der Waals surface area contributed by atoms with Crippen molar-refractivity contribution in [3.63, 3.8) is 0 Å². The van der Waals surface area contributed by atoms with Gasteiger partial charge in [-0.05, 0) is 24.3 Å². The van der Waals surface area contributed by atoms with Gasteiger partial charge in [-0.3, -0.25) is 0 Å². The molecule has 0 radical (unpaired) electrons. The van der Waals surface area contributed by atoms with Gasteiger partial charge in [0.15, 0.2) is 0 Å². The maximum absolute atomic E-state index is 12.6. The number of hydrogen-bond donors (Lipinski definition) is 1. The lowest BCUT2D eigenvalue weighted by molar-refractivity contribution is 0.384.